The molecule has 0 N–H and O–H groups in total. The van der Waals surface area contributed by atoms with Crippen molar-refractivity contribution >= 4 is 82.0 Å². The molecular weight excluding hydrogens is 687 g/mol. The van der Waals surface area contributed by atoms with Crippen LogP contribution in [-0.2, 0) is 0 Å². The molecule has 0 aliphatic rings. The molecule has 2 heterocycles. The Morgan fingerprint density at radius 2 is 0.982 bits per heavy atom. The van der Waals surface area contributed by atoms with Gasteiger partial charge in [-0.3, -0.25) is 0 Å². The molecule has 0 unspecified atom stereocenters. The van der Waals surface area contributed by atoms with Crippen LogP contribution in [0.4, 0.5) is 17.1 Å². The van der Waals surface area contributed by atoms with Gasteiger partial charge < -0.3 is 9.47 Å². The van der Waals surface area contributed by atoms with Crippen LogP contribution in [0.3, 0.4) is 0 Å². The fourth-order valence-electron chi connectivity index (χ4n) is 8.28. The van der Waals surface area contributed by atoms with Gasteiger partial charge in [0.1, 0.15) is 5.01 Å². The summed E-state index contributed by atoms with van der Waals surface area (Å²) >= 11 is 1.78. The maximum atomic E-state index is 5.07. The standard InChI is InChI=1S/C51H33N3S/c1-4-14-35(15-5-1)51-52-47-31-30-42-40-20-10-11-21-41(40)45(33-46(42)50(47)55-51)34-24-26-38(27-25-34)53(36-16-6-2-7-17-36)39-28-29-44-43-22-12-13-23-48(43)54(49(44)32-39)37-18-8-3-9-19-37/h1-33H. The first-order chi connectivity index (χ1) is 27.3. The summed E-state index contributed by atoms with van der Waals surface area (Å²) in [6.07, 6.45) is 0. The van der Waals surface area contributed by atoms with Crippen molar-refractivity contribution in [1.82, 2.24) is 9.55 Å². The zero-order valence-corrected chi connectivity index (χ0v) is 30.6. The summed E-state index contributed by atoms with van der Waals surface area (Å²) in [6.45, 7) is 0. The van der Waals surface area contributed by atoms with Crippen molar-refractivity contribution < 1.29 is 0 Å². The van der Waals surface area contributed by atoms with Gasteiger partial charge in [-0.1, -0.05) is 133 Å². The number of fused-ring (bicyclic) bond motifs is 8. The van der Waals surface area contributed by atoms with E-state index in [2.05, 4.69) is 210 Å². The lowest BCUT2D eigenvalue weighted by atomic mass is 9.93. The molecule has 258 valence electrons. The Bertz CT molecular complexity index is 3180. The van der Waals surface area contributed by atoms with Crippen LogP contribution in [0, 0.1) is 0 Å². The van der Waals surface area contributed by atoms with E-state index in [9.17, 15) is 0 Å². The van der Waals surface area contributed by atoms with Crippen molar-refractivity contribution in [2.24, 2.45) is 0 Å². The molecule has 0 amide bonds. The van der Waals surface area contributed by atoms with Crippen molar-refractivity contribution in [2.45, 2.75) is 0 Å². The van der Waals surface area contributed by atoms with Crippen LogP contribution in [0.1, 0.15) is 0 Å². The van der Waals surface area contributed by atoms with Gasteiger partial charge in [-0.05, 0) is 94.0 Å². The molecule has 0 bridgehead atoms. The number of benzene rings is 9. The van der Waals surface area contributed by atoms with E-state index in [0.29, 0.717) is 0 Å². The second-order valence-electron chi connectivity index (χ2n) is 14.0. The van der Waals surface area contributed by atoms with Crippen molar-refractivity contribution in [1.29, 1.82) is 0 Å². The highest BCUT2D eigenvalue weighted by Crippen LogP contribution is 2.43. The Hall–Kier alpha value is -7.01. The Labute approximate surface area is 322 Å². The molecule has 0 saturated heterocycles. The third-order valence-electron chi connectivity index (χ3n) is 10.8. The number of hydrogen-bond acceptors (Lipinski definition) is 3. The fraction of sp³-hybridized carbons (Fsp3) is 0. The molecule has 11 aromatic rings. The van der Waals surface area contributed by atoms with Gasteiger partial charge in [0.05, 0.1) is 21.3 Å². The molecule has 2 aromatic heterocycles. The number of nitrogens with zero attached hydrogens (tertiary/aromatic N) is 3. The second kappa shape index (κ2) is 12.8. The normalized spacial score (nSPS) is 11.6. The van der Waals surface area contributed by atoms with Crippen LogP contribution in [0.2, 0.25) is 0 Å². The van der Waals surface area contributed by atoms with Gasteiger partial charge in [0.25, 0.3) is 0 Å². The molecule has 0 aliphatic carbocycles. The third kappa shape index (κ3) is 5.22. The predicted molar refractivity (Wildman–Crippen MR) is 235 cm³/mol. The first-order valence-corrected chi connectivity index (χ1v) is 19.4. The van der Waals surface area contributed by atoms with Gasteiger partial charge in [0, 0.05) is 44.5 Å². The fourth-order valence-corrected chi connectivity index (χ4v) is 9.36. The summed E-state index contributed by atoms with van der Waals surface area (Å²) in [7, 11) is 0. The lowest BCUT2D eigenvalue weighted by Crippen LogP contribution is -2.10. The maximum Gasteiger partial charge on any atom is 0.124 e. The van der Waals surface area contributed by atoms with Gasteiger partial charge in [-0.25, -0.2) is 4.98 Å². The summed E-state index contributed by atoms with van der Waals surface area (Å²) in [6, 6.07) is 72.1. The van der Waals surface area contributed by atoms with Crippen molar-refractivity contribution in [3.8, 4) is 27.4 Å². The highest BCUT2D eigenvalue weighted by molar-refractivity contribution is 7.22. The molecule has 9 aromatic carbocycles. The minimum absolute atomic E-state index is 1.04. The average Bonchev–Trinajstić information content (AvgIpc) is 3.85. The zero-order valence-electron chi connectivity index (χ0n) is 29.8. The highest BCUT2D eigenvalue weighted by atomic mass is 32.1. The van der Waals surface area contributed by atoms with Crippen LogP contribution in [-0.4, -0.2) is 9.55 Å². The average molecular weight is 720 g/mol. The zero-order chi connectivity index (χ0) is 36.3. The second-order valence-corrected chi connectivity index (χ2v) is 15.0. The number of anilines is 3. The molecule has 0 fully saturated rings. The Balaban J connectivity index is 1.07. The minimum Gasteiger partial charge on any atom is -0.310 e. The van der Waals surface area contributed by atoms with Gasteiger partial charge in [0.15, 0.2) is 0 Å². The van der Waals surface area contributed by atoms with Crippen LogP contribution >= 0.6 is 11.3 Å². The minimum atomic E-state index is 1.04. The van der Waals surface area contributed by atoms with E-state index < -0.39 is 0 Å². The first kappa shape index (κ1) is 31.5. The van der Waals surface area contributed by atoms with Crippen molar-refractivity contribution in [3.05, 3.63) is 200 Å². The van der Waals surface area contributed by atoms with Crippen LogP contribution in [0.25, 0.3) is 81.0 Å². The third-order valence-corrected chi connectivity index (χ3v) is 11.9. The van der Waals surface area contributed by atoms with Gasteiger partial charge in [-0.15, -0.1) is 11.3 Å². The maximum absolute atomic E-state index is 5.07. The SMILES string of the molecule is c1ccc(-c2nc3ccc4c5ccccc5c(-c5ccc(N(c6ccccc6)c6ccc7c8ccccc8n(-c8ccccc8)c7c6)cc5)cc4c3s2)cc1. The highest BCUT2D eigenvalue weighted by Gasteiger charge is 2.19. The van der Waals surface area contributed by atoms with E-state index in [1.54, 1.807) is 11.3 Å². The number of thiazole rings is 1. The van der Waals surface area contributed by atoms with Gasteiger partial charge in [0.2, 0.25) is 0 Å². The molecule has 4 heteroatoms. The molecule has 0 atom stereocenters. The summed E-state index contributed by atoms with van der Waals surface area (Å²) in [5, 5.41) is 8.52. The number of rotatable bonds is 6. The van der Waals surface area contributed by atoms with Crippen LogP contribution in [0.15, 0.2) is 200 Å². The topological polar surface area (TPSA) is 21.1 Å². The van der Waals surface area contributed by atoms with Crippen LogP contribution in [0.5, 0.6) is 0 Å². The molecule has 3 nitrogen and oxygen atoms in total. The van der Waals surface area contributed by atoms with Gasteiger partial charge in [-0.2, -0.15) is 0 Å². The quantitative estimate of drug-likeness (QED) is 0.160. The first-order valence-electron chi connectivity index (χ1n) is 18.6. The van der Waals surface area contributed by atoms with E-state index in [0.717, 1.165) is 38.8 Å². The summed E-state index contributed by atoms with van der Waals surface area (Å²) in [4.78, 5) is 7.43. The molecule has 0 radical (unpaired) electrons. The van der Waals surface area contributed by atoms with Gasteiger partial charge >= 0.3 is 0 Å². The molecule has 0 saturated carbocycles. The van der Waals surface area contributed by atoms with E-state index in [-0.39, 0.29) is 0 Å². The van der Waals surface area contributed by atoms with Crippen LogP contribution < -0.4 is 4.90 Å². The van der Waals surface area contributed by atoms with Crippen molar-refractivity contribution in [2.75, 3.05) is 4.90 Å². The molecule has 0 spiro atoms. The van der Waals surface area contributed by atoms with E-state index in [1.807, 2.05) is 0 Å². The van der Waals surface area contributed by atoms with Crippen molar-refractivity contribution in [3.63, 3.8) is 0 Å². The number of aromatic nitrogens is 2. The monoisotopic (exact) mass is 719 g/mol. The lowest BCUT2D eigenvalue weighted by Gasteiger charge is -2.26. The number of hydrogen-bond donors (Lipinski definition) is 0. The Morgan fingerprint density at radius 1 is 0.400 bits per heavy atom. The Kier molecular flexibility index (Phi) is 7.35. The number of para-hydroxylation sites is 3. The largest absolute Gasteiger partial charge is 0.310 e. The van der Waals surface area contributed by atoms with E-state index in [1.165, 1.54) is 59.2 Å². The summed E-state index contributed by atoms with van der Waals surface area (Å²) in [5.74, 6) is 0. The predicted octanol–water partition coefficient (Wildman–Crippen LogP) is 14.5. The smallest absolute Gasteiger partial charge is 0.124 e. The van der Waals surface area contributed by atoms with E-state index >= 15 is 0 Å². The summed E-state index contributed by atoms with van der Waals surface area (Å²) < 4.78 is 3.60. The molecule has 11 rings (SSSR count). The molecule has 55 heavy (non-hydrogen) atoms. The van der Waals surface area contributed by atoms with E-state index in [4.69, 9.17) is 4.98 Å². The molecule has 0 aliphatic heterocycles. The Morgan fingerprint density at radius 3 is 1.76 bits per heavy atom. The lowest BCUT2D eigenvalue weighted by molar-refractivity contribution is 1.18. The molecular formula is C51H33N3S. The summed E-state index contributed by atoms with van der Waals surface area (Å²) in [5.41, 5.74) is 11.4.